The molecule has 1 aliphatic heterocycles. The molecule has 32 heavy (non-hydrogen) atoms. The third kappa shape index (κ3) is 10.6. The summed E-state index contributed by atoms with van der Waals surface area (Å²) in [7, 11) is 0. The smallest absolute Gasteiger partial charge is 0.303 e. The first-order valence-electron chi connectivity index (χ1n) is 13.1. The highest BCUT2D eigenvalue weighted by molar-refractivity contribution is 5.66. The number of aliphatic carboxylic acids is 1. The zero-order chi connectivity index (χ0) is 23.0. The highest BCUT2D eigenvalue weighted by Gasteiger charge is 2.42. The molecule has 0 spiro atoms. The van der Waals surface area contributed by atoms with Crippen molar-refractivity contribution in [1.29, 1.82) is 0 Å². The van der Waals surface area contributed by atoms with E-state index in [1.54, 1.807) is 0 Å². The van der Waals surface area contributed by atoms with Gasteiger partial charge < -0.3 is 19.7 Å². The van der Waals surface area contributed by atoms with Crippen molar-refractivity contribution in [2.24, 2.45) is 11.8 Å². The Morgan fingerprint density at radius 1 is 1.03 bits per heavy atom. The Labute approximate surface area is 195 Å². The van der Waals surface area contributed by atoms with Gasteiger partial charge in [-0.2, -0.15) is 0 Å². The van der Waals surface area contributed by atoms with Crippen molar-refractivity contribution < 1.29 is 24.5 Å². The van der Waals surface area contributed by atoms with Crippen LogP contribution in [-0.2, 0) is 14.3 Å². The van der Waals surface area contributed by atoms with Crippen LogP contribution in [0.5, 0.6) is 0 Å². The van der Waals surface area contributed by atoms with Gasteiger partial charge in [0.2, 0.25) is 0 Å². The van der Waals surface area contributed by atoms with Gasteiger partial charge in [-0.05, 0) is 57.3 Å². The predicted octanol–water partition coefficient (Wildman–Crippen LogP) is 6.40. The van der Waals surface area contributed by atoms with Crippen LogP contribution in [0.3, 0.4) is 0 Å². The van der Waals surface area contributed by atoms with Crippen molar-refractivity contribution in [3.63, 3.8) is 0 Å². The maximum absolute atomic E-state index is 10.8. The van der Waals surface area contributed by atoms with Crippen LogP contribution in [0.2, 0.25) is 0 Å². The van der Waals surface area contributed by atoms with Crippen molar-refractivity contribution in [3.8, 4) is 0 Å². The SMILES string of the molecule is CCCCCCCCC=C[C@@H]1[C@@H](CC=CCCCC(=O)O)[C@@H](O)C[C@H]1OC1CCCCO1. The van der Waals surface area contributed by atoms with Crippen LogP contribution < -0.4 is 0 Å². The lowest BCUT2D eigenvalue weighted by Gasteiger charge is -2.29. The van der Waals surface area contributed by atoms with E-state index in [1.807, 2.05) is 0 Å². The number of unbranched alkanes of at least 4 members (excludes halogenated alkanes) is 7. The molecule has 5 atom stereocenters. The van der Waals surface area contributed by atoms with Crippen molar-refractivity contribution >= 4 is 5.97 Å². The summed E-state index contributed by atoms with van der Waals surface area (Å²) in [5.74, 6) is -0.412. The number of aliphatic hydroxyl groups is 1. The molecule has 1 aliphatic carbocycles. The normalized spacial score (nSPS) is 28.8. The number of aliphatic hydroxyl groups excluding tert-OH is 1. The molecule has 2 rings (SSSR count). The van der Waals surface area contributed by atoms with Gasteiger partial charge in [0.25, 0.3) is 0 Å². The van der Waals surface area contributed by atoms with Gasteiger partial charge in [0, 0.05) is 25.4 Å². The molecule has 1 heterocycles. The molecule has 2 aliphatic rings. The molecule has 0 radical (unpaired) electrons. The second kappa shape index (κ2) is 16.4. The van der Waals surface area contributed by atoms with Gasteiger partial charge in [-0.25, -0.2) is 0 Å². The minimum Gasteiger partial charge on any atom is -0.481 e. The second-order valence-electron chi connectivity index (χ2n) is 9.49. The summed E-state index contributed by atoms with van der Waals surface area (Å²) in [6.45, 7) is 3.01. The van der Waals surface area contributed by atoms with E-state index in [0.717, 1.165) is 45.1 Å². The number of carboxylic acid groups (broad SMARTS) is 1. The summed E-state index contributed by atoms with van der Waals surface area (Å²) < 4.78 is 12.1. The Morgan fingerprint density at radius 2 is 1.81 bits per heavy atom. The molecule has 0 aromatic rings. The first kappa shape index (κ1) is 27.1. The lowest BCUT2D eigenvalue weighted by atomic mass is 9.89. The van der Waals surface area contributed by atoms with Crippen LogP contribution in [0.15, 0.2) is 24.3 Å². The molecule has 0 bridgehead atoms. The average molecular weight is 451 g/mol. The molecule has 0 amide bonds. The number of hydrogen-bond acceptors (Lipinski definition) is 4. The van der Waals surface area contributed by atoms with Crippen molar-refractivity contribution in [3.05, 3.63) is 24.3 Å². The molecule has 184 valence electrons. The van der Waals surface area contributed by atoms with Gasteiger partial charge in [0.1, 0.15) is 0 Å². The van der Waals surface area contributed by atoms with Gasteiger partial charge in [-0.3, -0.25) is 4.79 Å². The molecule has 2 N–H and O–H groups in total. The van der Waals surface area contributed by atoms with E-state index in [2.05, 4.69) is 31.2 Å². The minimum absolute atomic E-state index is 0.000635. The average Bonchev–Trinajstić information content (AvgIpc) is 3.07. The van der Waals surface area contributed by atoms with Gasteiger partial charge in [0.05, 0.1) is 12.2 Å². The van der Waals surface area contributed by atoms with Gasteiger partial charge >= 0.3 is 5.97 Å². The van der Waals surface area contributed by atoms with Crippen LogP contribution in [0.1, 0.15) is 103 Å². The molecule has 0 aromatic carbocycles. The fourth-order valence-corrected chi connectivity index (χ4v) is 4.88. The van der Waals surface area contributed by atoms with Crippen LogP contribution in [0.4, 0.5) is 0 Å². The standard InChI is InChI=1S/C27H46O5/c1-2-3-4-5-6-7-8-12-17-23-22(16-11-9-10-13-18-26(29)30)24(28)21-25(23)32-27-19-14-15-20-31-27/h9,11-12,17,22-25,27-28H,2-8,10,13-16,18-21H2,1H3,(H,29,30)/t22-,23-,24+,25-,27?/m1/s1. The van der Waals surface area contributed by atoms with E-state index in [4.69, 9.17) is 14.6 Å². The molecule has 1 saturated heterocycles. The molecule has 5 heteroatoms. The molecule has 1 unspecified atom stereocenters. The number of carboxylic acids is 1. The lowest BCUT2D eigenvalue weighted by Crippen LogP contribution is -2.30. The third-order valence-corrected chi connectivity index (χ3v) is 6.78. The predicted molar refractivity (Wildman–Crippen MR) is 128 cm³/mol. The monoisotopic (exact) mass is 450 g/mol. The Bertz CT molecular complexity index is 552. The lowest BCUT2D eigenvalue weighted by molar-refractivity contribution is -0.193. The maximum atomic E-state index is 10.8. The molecule has 1 saturated carbocycles. The highest BCUT2D eigenvalue weighted by Crippen LogP contribution is 2.39. The number of rotatable bonds is 16. The number of carbonyl (C=O) groups is 1. The van der Waals surface area contributed by atoms with Gasteiger partial charge in [-0.1, -0.05) is 63.3 Å². The molecule has 5 nitrogen and oxygen atoms in total. The Hall–Kier alpha value is -1.17. The fraction of sp³-hybridized carbons (Fsp3) is 0.815. The Kier molecular flexibility index (Phi) is 13.9. The van der Waals surface area contributed by atoms with E-state index >= 15 is 0 Å². The van der Waals surface area contributed by atoms with Crippen molar-refractivity contribution in [2.45, 2.75) is 122 Å². The van der Waals surface area contributed by atoms with E-state index < -0.39 is 5.97 Å². The van der Waals surface area contributed by atoms with E-state index in [1.165, 1.54) is 38.5 Å². The van der Waals surface area contributed by atoms with Gasteiger partial charge in [0.15, 0.2) is 6.29 Å². The second-order valence-corrected chi connectivity index (χ2v) is 9.49. The number of allylic oxidation sites excluding steroid dienone is 3. The molecular weight excluding hydrogens is 404 g/mol. The third-order valence-electron chi connectivity index (χ3n) is 6.78. The summed E-state index contributed by atoms with van der Waals surface area (Å²) in [6, 6.07) is 0. The summed E-state index contributed by atoms with van der Waals surface area (Å²) >= 11 is 0. The Balaban J connectivity index is 1.86. The summed E-state index contributed by atoms with van der Waals surface area (Å²) in [5.41, 5.74) is 0. The van der Waals surface area contributed by atoms with E-state index in [9.17, 15) is 9.90 Å². The Morgan fingerprint density at radius 3 is 2.56 bits per heavy atom. The van der Waals surface area contributed by atoms with Crippen LogP contribution in [0, 0.1) is 11.8 Å². The first-order chi connectivity index (χ1) is 15.6. The zero-order valence-electron chi connectivity index (χ0n) is 20.1. The molecule has 2 fully saturated rings. The minimum atomic E-state index is -0.745. The van der Waals surface area contributed by atoms with Crippen LogP contribution in [0.25, 0.3) is 0 Å². The quantitative estimate of drug-likeness (QED) is 0.210. The summed E-state index contributed by atoms with van der Waals surface area (Å²) in [6.07, 6.45) is 23.4. The van der Waals surface area contributed by atoms with E-state index in [0.29, 0.717) is 12.8 Å². The maximum Gasteiger partial charge on any atom is 0.303 e. The topological polar surface area (TPSA) is 76.0 Å². The highest BCUT2D eigenvalue weighted by atomic mass is 16.7. The van der Waals surface area contributed by atoms with Crippen molar-refractivity contribution in [2.75, 3.05) is 6.61 Å². The van der Waals surface area contributed by atoms with Crippen LogP contribution in [-0.4, -0.2) is 41.3 Å². The zero-order valence-corrected chi connectivity index (χ0v) is 20.1. The fourth-order valence-electron chi connectivity index (χ4n) is 4.88. The van der Waals surface area contributed by atoms with Crippen LogP contribution >= 0.6 is 0 Å². The number of ether oxygens (including phenoxy) is 2. The van der Waals surface area contributed by atoms with Crippen molar-refractivity contribution in [1.82, 2.24) is 0 Å². The van der Waals surface area contributed by atoms with E-state index in [-0.39, 0.29) is 36.8 Å². The van der Waals surface area contributed by atoms with Gasteiger partial charge in [-0.15, -0.1) is 0 Å². The molecular formula is C27H46O5. The summed E-state index contributed by atoms with van der Waals surface area (Å²) in [5, 5.41) is 19.6. The largest absolute Gasteiger partial charge is 0.481 e. The summed E-state index contributed by atoms with van der Waals surface area (Å²) in [4.78, 5) is 10.7. The number of hydrogen-bond donors (Lipinski definition) is 2. The first-order valence-corrected chi connectivity index (χ1v) is 13.1. The molecule has 0 aromatic heterocycles.